The van der Waals surface area contributed by atoms with Gasteiger partial charge >= 0.3 is 5.69 Å². The van der Waals surface area contributed by atoms with Crippen molar-refractivity contribution in [3.8, 4) is 5.75 Å². The smallest absolute Gasteiger partial charge is 0.332 e. The van der Waals surface area contributed by atoms with Crippen LogP contribution in [-0.4, -0.2) is 20.0 Å². The van der Waals surface area contributed by atoms with E-state index in [0.29, 0.717) is 24.1 Å². The Labute approximate surface area is 150 Å². The summed E-state index contributed by atoms with van der Waals surface area (Å²) in [4.78, 5) is 37.6. The summed E-state index contributed by atoms with van der Waals surface area (Å²) >= 11 is 0. The molecule has 7 heteroatoms. The van der Waals surface area contributed by atoms with Crippen LogP contribution in [0, 0.1) is 13.8 Å². The molecule has 0 atom stereocenters. The van der Waals surface area contributed by atoms with Gasteiger partial charge in [-0.15, -0.1) is 0 Å². The second kappa shape index (κ2) is 6.33. The van der Waals surface area contributed by atoms with Crippen molar-refractivity contribution in [2.75, 3.05) is 5.32 Å². The maximum Gasteiger partial charge on any atom is 0.332 e. The van der Waals surface area contributed by atoms with Crippen molar-refractivity contribution in [3.63, 3.8) is 0 Å². The summed E-state index contributed by atoms with van der Waals surface area (Å²) in [7, 11) is 1.37. The summed E-state index contributed by atoms with van der Waals surface area (Å²) in [6, 6.07) is 3.51. The number of fused-ring (bicyclic) bond motifs is 1. The average molecular weight is 355 g/mol. The first-order valence-corrected chi connectivity index (χ1v) is 8.43. The van der Waals surface area contributed by atoms with E-state index in [-0.39, 0.29) is 22.8 Å². The minimum absolute atomic E-state index is 0.0148. The van der Waals surface area contributed by atoms with Gasteiger partial charge in [0.25, 0.3) is 5.56 Å². The molecular weight excluding hydrogens is 334 g/mol. The zero-order chi connectivity index (χ0) is 19.2. The predicted octanol–water partition coefficient (Wildman–Crippen LogP) is 1.93. The number of nitrogens with zero attached hydrogens (tertiary/aromatic N) is 2. The van der Waals surface area contributed by atoms with Crippen molar-refractivity contribution in [2.45, 2.75) is 33.7 Å². The van der Waals surface area contributed by atoms with E-state index in [9.17, 15) is 19.5 Å². The number of carbonyl (C=O) groups excluding carboxylic acids is 1. The first kappa shape index (κ1) is 17.7. The molecule has 2 N–H and O–H groups in total. The molecule has 3 rings (SSSR count). The number of Topliss-reactive ketones (excluding diaryl/α,β-unsaturated/α-hetero) is 1. The molecule has 1 aromatic heterocycles. The van der Waals surface area contributed by atoms with Crippen LogP contribution in [-0.2, 0) is 13.6 Å². The number of benzene rings is 1. The number of phenolic OH excluding ortho intramolecular Hbond substituents is 1. The molecule has 0 spiro atoms. The van der Waals surface area contributed by atoms with Gasteiger partial charge in [-0.05, 0) is 55.2 Å². The third-order valence-corrected chi connectivity index (χ3v) is 4.54. The number of carbonyl (C=O) groups is 1. The number of anilines is 1. The van der Waals surface area contributed by atoms with Crippen LogP contribution in [0.5, 0.6) is 5.75 Å². The summed E-state index contributed by atoms with van der Waals surface area (Å²) in [5.74, 6) is 0.0315. The average Bonchev–Trinajstić information content (AvgIpc) is 2.91. The largest absolute Gasteiger partial charge is 0.507 e. The Balaban J connectivity index is 2.16. The lowest BCUT2D eigenvalue weighted by Gasteiger charge is -2.11. The summed E-state index contributed by atoms with van der Waals surface area (Å²) < 4.78 is 2.38. The van der Waals surface area contributed by atoms with Gasteiger partial charge in [-0.2, -0.15) is 0 Å². The maximum absolute atomic E-state index is 12.8. The van der Waals surface area contributed by atoms with Gasteiger partial charge in [0, 0.05) is 13.6 Å². The van der Waals surface area contributed by atoms with Crippen LogP contribution < -0.4 is 16.6 Å². The predicted molar refractivity (Wildman–Crippen MR) is 99.7 cm³/mol. The van der Waals surface area contributed by atoms with Crippen molar-refractivity contribution in [1.82, 2.24) is 9.13 Å². The highest BCUT2D eigenvalue weighted by Gasteiger charge is 2.32. The quantitative estimate of drug-likeness (QED) is 0.821. The molecular formula is C19H21N3O4. The van der Waals surface area contributed by atoms with Gasteiger partial charge in [0.15, 0.2) is 0 Å². The molecule has 2 heterocycles. The molecule has 136 valence electrons. The van der Waals surface area contributed by atoms with Crippen molar-refractivity contribution in [1.29, 1.82) is 0 Å². The summed E-state index contributed by atoms with van der Waals surface area (Å²) in [6.45, 7) is 5.87. The fourth-order valence-corrected chi connectivity index (χ4v) is 3.19. The number of phenols is 1. The topological polar surface area (TPSA) is 93.3 Å². The fourth-order valence-electron chi connectivity index (χ4n) is 3.19. The Kier molecular flexibility index (Phi) is 4.31. The van der Waals surface area contributed by atoms with E-state index in [2.05, 4.69) is 5.32 Å². The molecule has 0 radical (unpaired) electrons. The molecule has 1 aromatic carbocycles. The van der Waals surface area contributed by atoms with Gasteiger partial charge in [-0.1, -0.05) is 6.92 Å². The summed E-state index contributed by atoms with van der Waals surface area (Å²) in [6.07, 6.45) is 2.32. The molecule has 0 amide bonds. The Morgan fingerprint density at radius 2 is 1.77 bits per heavy atom. The highest BCUT2D eigenvalue weighted by atomic mass is 16.3. The highest BCUT2D eigenvalue weighted by Crippen LogP contribution is 2.28. The van der Waals surface area contributed by atoms with E-state index in [4.69, 9.17) is 0 Å². The normalized spacial score (nSPS) is 14.6. The number of aromatic hydroxyl groups is 1. The fraction of sp³-hybridized carbons (Fsp3) is 0.316. The van der Waals surface area contributed by atoms with Crippen molar-refractivity contribution < 1.29 is 9.90 Å². The molecule has 0 saturated carbocycles. The van der Waals surface area contributed by atoms with Crippen LogP contribution in [0.25, 0.3) is 6.08 Å². The number of allylic oxidation sites excluding steroid dienone is 1. The molecule has 0 saturated heterocycles. The van der Waals surface area contributed by atoms with E-state index < -0.39 is 17.0 Å². The minimum atomic E-state index is -0.601. The van der Waals surface area contributed by atoms with Gasteiger partial charge in [-0.3, -0.25) is 18.7 Å². The zero-order valence-electron chi connectivity index (χ0n) is 15.2. The number of aromatic nitrogens is 2. The van der Waals surface area contributed by atoms with Gasteiger partial charge in [0.05, 0.1) is 5.70 Å². The number of rotatable bonds is 3. The Hall–Kier alpha value is -3.09. The minimum Gasteiger partial charge on any atom is -0.507 e. The molecule has 0 unspecified atom stereocenters. The third-order valence-electron chi connectivity index (χ3n) is 4.54. The monoisotopic (exact) mass is 355 g/mol. The SMILES string of the molecule is CCCn1c2c(c(=O)n(C)c1=O)C(=O)/C(=C/c1cc(C)c(O)c(C)c1)N2. The van der Waals surface area contributed by atoms with Crippen molar-refractivity contribution in [3.05, 3.63) is 60.9 Å². The summed E-state index contributed by atoms with van der Waals surface area (Å²) in [5, 5.41) is 12.8. The zero-order valence-corrected chi connectivity index (χ0v) is 15.2. The maximum atomic E-state index is 12.8. The first-order valence-electron chi connectivity index (χ1n) is 8.43. The lowest BCUT2D eigenvalue weighted by molar-refractivity contribution is 0.104. The number of aryl methyl sites for hydroxylation is 2. The third kappa shape index (κ3) is 2.65. The van der Waals surface area contributed by atoms with Gasteiger partial charge in [-0.25, -0.2) is 4.79 Å². The van der Waals surface area contributed by atoms with E-state index in [0.717, 1.165) is 10.1 Å². The van der Waals surface area contributed by atoms with Gasteiger partial charge < -0.3 is 10.4 Å². The molecule has 0 aliphatic carbocycles. The van der Waals surface area contributed by atoms with Crippen LogP contribution >= 0.6 is 0 Å². The van der Waals surface area contributed by atoms with E-state index in [1.807, 2.05) is 6.92 Å². The van der Waals surface area contributed by atoms with E-state index in [1.165, 1.54) is 11.6 Å². The second-order valence-electron chi connectivity index (χ2n) is 6.54. The van der Waals surface area contributed by atoms with Crippen molar-refractivity contribution in [2.24, 2.45) is 7.05 Å². The van der Waals surface area contributed by atoms with Crippen LogP contribution in [0.15, 0.2) is 27.4 Å². The Morgan fingerprint density at radius 1 is 1.15 bits per heavy atom. The van der Waals surface area contributed by atoms with E-state index in [1.54, 1.807) is 32.1 Å². The molecule has 0 fully saturated rings. The number of nitrogens with one attached hydrogen (secondary N) is 1. The Bertz CT molecular complexity index is 1050. The standard InChI is InChI=1S/C19H21N3O4/c1-5-6-22-17-14(18(25)21(4)19(22)26)16(24)13(20-17)9-12-7-10(2)15(23)11(3)8-12/h7-9,20,23H,5-6H2,1-4H3/b13-9-. The van der Waals surface area contributed by atoms with Gasteiger partial charge in [0.2, 0.25) is 5.78 Å². The van der Waals surface area contributed by atoms with Crippen molar-refractivity contribution >= 4 is 17.7 Å². The summed E-state index contributed by atoms with van der Waals surface area (Å²) in [5.41, 5.74) is 1.28. The second-order valence-corrected chi connectivity index (χ2v) is 6.54. The van der Waals surface area contributed by atoms with Gasteiger partial charge in [0.1, 0.15) is 17.1 Å². The lowest BCUT2D eigenvalue weighted by atomic mass is 10.0. The van der Waals surface area contributed by atoms with Crippen LogP contribution in [0.4, 0.5) is 5.82 Å². The Morgan fingerprint density at radius 3 is 2.35 bits per heavy atom. The molecule has 0 bridgehead atoms. The molecule has 1 aliphatic heterocycles. The molecule has 1 aliphatic rings. The van der Waals surface area contributed by atoms with Crippen LogP contribution in [0.3, 0.4) is 0 Å². The van der Waals surface area contributed by atoms with Crippen LogP contribution in [0.2, 0.25) is 0 Å². The lowest BCUT2D eigenvalue weighted by Crippen LogP contribution is -2.40. The number of hydrogen-bond donors (Lipinski definition) is 2. The molecule has 2 aromatic rings. The van der Waals surface area contributed by atoms with Crippen LogP contribution in [0.1, 0.15) is 40.4 Å². The first-order chi connectivity index (χ1) is 12.3. The molecule has 26 heavy (non-hydrogen) atoms. The number of hydrogen-bond acceptors (Lipinski definition) is 5. The molecule has 7 nitrogen and oxygen atoms in total. The number of ketones is 1. The highest BCUT2D eigenvalue weighted by molar-refractivity contribution is 6.19. The van der Waals surface area contributed by atoms with E-state index >= 15 is 0 Å².